The van der Waals surface area contributed by atoms with E-state index in [4.69, 9.17) is 45.3 Å². The summed E-state index contributed by atoms with van der Waals surface area (Å²) in [5.74, 6) is 0.0795. The largest absolute Gasteiger partial charge is 0.464 e. The van der Waals surface area contributed by atoms with Crippen LogP contribution in [0.1, 0.15) is 18.1 Å². The van der Waals surface area contributed by atoms with Gasteiger partial charge in [-0.15, -0.1) is 23.2 Å². The Bertz CT molecular complexity index is 873. The molecule has 0 radical (unpaired) electrons. The van der Waals surface area contributed by atoms with Crippen LogP contribution >= 0.6 is 34.8 Å². The zero-order chi connectivity index (χ0) is 24.2. The second kappa shape index (κ2) is 14.3. The maximum atomic E-state index is 12.8. The van der Waals surface area contributed by atoms with Gasteiger partial charge in [-0.3, -0.25) is 4.79 Å². The zero-order valence-corrected chi connectivity index (χ0v) is 20.9. The summed E-state index contributed by atoms with van der Waals surface area (Å²) in [6, 6.07) is 13.2. The Kier molecular flexibility index (Phi) is 11.8. The third-order valence-electron chi connectivity index (χ3n) is 5.04. The van der Waals surface area contributed by atoms with Crippen LogP contribution in [0.25, 0.3) is 0 Å². The van der Waals surface area contributed by atoms with Crippen LogP contribution in [0.3, 0.4) is 0 Å². The van der Waals surface area contributed by atoms with E-state index >= 15 is 0 Å². The first kappa shape index (κ1) is 27.3. The topological polar surface area (TPSA) is 84.7 Å². The van der Waals surface area contributed by atoms with Crippen LogP contribution in [0.15, 0.2) is 48.5 Å². The minimum atomic E-state index is -0.841. The molecule has 0 aliphatic rings. The van der Waals surface area contributed by atoms with Gasteiger partial charge in [-0.1, -0.05) is 35.9 Å². The van der Waals surface area contributed by atoms with Gasteiger partial charge in [-0.2, -0.15) is 0 Å². The second-order valence-electron chi connectivity index (χ2n) is 7.49. The predicted molar refractivity (Wildman–Crippen MR) is 135 cm³/mol. The number of ether oxygens (including phenoxy) is 1. The van der Waals surface area contributed by atoms with Gasteiger partial charge in [-0.05, 0) is 48.7 Å². The molecule has 0 fully saturated rings. The van der Waals surface area contributed by atoms with E-state index < -0.39 is 24.0 Å². The maximum Gasteiger partial charge on any atom is 0.328 e. The van der Waals surface area contributed by atoms with Crippen LogP contribution in [-0.4, -0.2) is 55.4 Å². The Hall–Kier alpha value is -1.99. The first-order valence-corrected chi connectivity index (χ1v) is 12.3. The third kappa shape index (κ3) is 9.05. The molecule has 0 spiro atoms. The minimum Gasteiger partial charge on any atom is -0.464 e. The van der Waals surface area contributed by atoms with Gasteiger partial charge in [0.1, 0.15) is 6.04 Å². The first-order chi connectivity index (χ1) is 15.9. The van der Waals surface area contributed by atoms with Crippen LogP contribution < -0.4 is 16.0 Å². The number of rotatable bonds is 13. The summed E-state index contributed by atoms with van der Waals surface area (Å²) in [5, 5.41) is 3.33. The molecule has 1 amide bonds. The lowest BCUT2D eigenvalue weighted by Crippen LogP contribution is -2.50. The molecule has 6 nitrogen and oxygen atoms in total. The molecule has 2 rings (SSSR count). The number of carbonyl (C=O) groups excluding carboxylic acids is 2. The highest BCUT2D eigenvalue weighted by Gasteiger charge is 2.25. The number of esters is 1. The number of nitrogens with one attached hydrogen (secondary N) is 1. The summed E-state index contributed by atoms with van der Waals surface area (Å²) in [4.78, 5) is 27.3. The molecule has 9 heteroatoms. The smallest absolute Gasteiger partial charge is 0.328 e. The summed E-state index contributed by atoms with van der Waals surface area (Å²) in [6.45, 7) is 3.32. The Labute approximate surface area is 210 Å². The van der Waals surface area contributed by atoms with E-state index in [1.165, 1.54) is 0 Å². The summed E-state index contributed by atoms with van der Waals surface area (Å²) >= 11 is 17.7. The molecule has 180 valence electrons. The number of halogens is 3. The van der Waals surface area contributed by atoms with Crippen molar-refractivity contribution in [1.82, 2.24) is 5.32 Å². The standard InChI is InChI=1S/C24H30Cl3N3O3/c1-2-33-24(32)22(16-18-3-7-19(27)8-4-18)29-23(31)21(28)15-17-5-9-20(10-6-17)30(13-11-25)14-12-26/h3-10,21-22H,2,11-16,28H2,1H3,(H,29,31)/t21-,22-/m0/s1. The number of alkyl halides is 2. The minimum absolute atomic E-state index is 0.217. The van der Waals surface area contributed by atoms with Crippen molar-refractivity contribution in [3.63, 3.8) is 0 Å². The van der Waals surface area contributed by atoms with Crippen molar-refractivity contribution in [2.24, 2.45) is 5.73 Å². The van der Waals surface area contributed by atoms with E-state index in [2.05, 4.69) is 10.2 Å². The second-order valence-corrected chi connectivity index (χ2v) is 8.68. The monoisotopic (exact) mass is 513 g/mol. The zero-order valence-electron chi connectivity index (χ0n) is 18.6. The fourth-order valence-electron chi connectivity index (χ4n) is 3.33. The van der Waals surface area contributed by atoms with E-state index in [-0.39, 0.29) is 13.0 Å². The molecule has 33 heavy (non-hydrogen) atoms. The lowest BCUT2D eigenvalue weighted by molar-refractivity contribution is -0.147. The van der Waals surface area contributed by atoms with Crippen molar-refractivity contribution in [2.75, 3.05) is 36.4 Å². The van der Waals surface area contributed by atoms with Crippen LogP contribution in [0.2, 0.25) is 5.02 Å². The average molecular weight is 515 g/mol. The molecule has 0 unspecified atom stereocenters. The molecule has 0 saturated heterocycles. The summed E-state index contributed by atoms with van der Waals surface area (Å²) in [6.07, 6.45) is 0.605. The molecule has 2 atom stereocenters. The average Bonchev–Trinajstić information content (AvgIpc) is 2.80. The van der Waals surface area contributed by atoms with Crippen LogP contribution in [0, 0.1) is 0 Å². The fraction of sp³-hybridized carbons (Fsp3) is 0.417. The van der Waals surface area contributed by atoms with E-state index in [0.29, 0.717) is 36.3 Å². The quantitative estimate of drug-likeness (QED) is 0.314. The molecule has 0 aromatic heterocycles. The lowest BCUT2D eigenvalue weighted by Gasteiger charge is -2.23. The highest BCUT2D eigenvalue weighted by Crippen LogP contribution is 2.17. The van der Waals surface area contributed by atoms with Crippen molar-refractivity contribution >= 4 is 52.4 Å². The van der Waals surface area contributed by atoms with E-state index in [1.807, 2.05) is 24.3 Å². The van der Waals surface area contributed by atoms with Crippen LogP contribution in [0.5, 0.6) is 0 Å². The van der Waals surface area contributed by atoms with Crippen LogP contribution in [-0.2, 0) is 27.2 Å². The normalized spacial score (nSPS) is 12.6. The number of hydrogen-bond donors (Lipinski definition) is 2. The van der Waals surface area contributed by atoms with Gasteiger partial charge in [0, 0.05) is 42.0 Å². The van der Waals surface area contributed by atoms with Gasteiger partial charge in [0.25, 0.3) is 0 Å². The van der Waals surface area contributed by atoms with Crippen molar-refractivity contribution in [3.8, 4) is 0 Å². The summed E-state index contributed by atoms with van der Waals surface area (Å²) in [7, 11) is 0. The SMILES string of the molecule is CCOC(=O)[C@H](Cc1ccc(Cl)cc1)NC(=O)[C@@H](N)Cc1ccc(N(CCCl)CCCl)cc1. The predicted octanol–water partition coefficient (Wildman–Crippen LogP) is 3.78. The number of carbonyl (C=O) groups is 2. The number of amides is 1. The molecule has 0 saturated carbocycles. The Morgan fingerprint density at radius 3 is 2.06 bits per heavy atom. The molecular formula is C24H30Cl3N3O3. The summed E-state index contributed by atoms with van der Waals surface area (Å²) < 4.78 is 5.13. The van der Waals surface area contributed by atoms with Crippen molar-refractivity contribution in [2.45, 2.75) is 31.8 Å². The number of nitrogens with two attached hydrogens (primary N) is 1. The fourth-order valence-corrected chi connectivity index (χ4v) is 3.87. The Morgan fingerprint density at radius 2 is 1.52 bits per heavy atom. The molecule has 3 N–H and O–H groups in total. The molecular weight excluding hydrogens is 485 g/mol. The third-order valence-corrected chi connectivity index (χ3v) is 5.63. The van der Waals surface area contributed by atoms with E-state index in [1.54, 1.807) is 31.2 Å². The van der Waals surface area contributed by atoms with Gasteiger partial charge >= 0.3 is 5.97 Å². The maximum absolute atomic E-state index is 12.8. The molecule has 0 heterocycles. The van der Waals surface area contributed by atoms with E-state index in [9.17, 15) is 9.59 Å². The van der Waals surface area contributed by atoms with Crippen molar-refractivity contribution < 1.29 is 14.3 Å². The molecule has 2 aromatic carbocycles. The number of anilines is 1. The highest BCUT2D eigenvalue weighted by atomic mass is 35.5. The van der Waals surface area contributed by atoms with Gasteiger partial charge in [0.2, 0.25) is 5.91 Å². The Balaban J connectivity index is 2.02. The number of nitrogens with zero attached hydrogens (tertiary/aromatic N) is 1. The van der Waals surface area contributed by atoms with Crippen molar-refractivity contribution in [3.05, 3.63) is 64.7 Å². The number of hydrogen-bond acceptors (Lipinski definition) is 5. The first-order valence-electron chi connectivity index (χ1n) is 10.8. The highest BCUT2D eigenvalue weighted by molar-refractivity contribution is 6.30. The molecule has 0 bridgehead atoms. The van der Waals surface area contributed by atoms with E-state index in [0.717, 1.165) is 16.8 Å². The van der Waals surface area contributed by atoms with Gasteiger partial charge < -0.3 is 20.7 Å². The van der Waals surface area contributed by atoms with Crippen LogP contribution in [0.4, 0.5) is 5.69 Å². The number of benzene rings is 2. The van der Waals surface area contributed by atoms with Gasteiger partial charge in [0.15, 0.2) is 0 Å². The lowest BCUT2D eigenvalue weighted by atomic mass is 10.0. The molecule has 0 aliphatic heterocycles. The van der Waals surface area contributed by atoms with Gasteiger partial charge in [0.05, 0.1) is 12.6 Å². The molecule has 2 aromatic rings. The Morgan fingerprint density at radius 1 is 0.970 bits per heavy atom. The summed E-state index contributed by atoms with van der Waals surface area (Å²) in [5.41, 5.74) is 8.91. The van der Waals surface area contributed by atoms with Gasteiger partial charge in [-0.25, -0.2) is 4.79 Å². The molecule has 0 aliphatic carbocycles. The van der Waals surface area contributed by atoms with Crippen molar-refractivity contribution in [1.29, 1.82) is 0 Å².